The molecule has 0 aliphatic rings. The molecule has 24 nitrogen and oxygen atoms in total. The molecule has 0 radical (unpaired) electrons. The molecule has 0 heterocycles. The molecule has 556 valence electrons. The lowest BCUT2D eigenvalue weighted by atomic mass is 9.80. The van der Waals surface area contributed by atoms with E-state index in [9.17, 15) is 83.1 Å². The van der Waals surface area contributed by atoms with Gasteiger partial charge in [-0.15, -0.1) is 0 Å². The van der Waals surface area contributed by atoms with Gasteiger partial charge in [-0.3, -0.25) is 52.7 Å². The fraction of sp³-hybridized carbons (Fsp3) is 0.809. The van der Waals surface area contributed by atoms with Crippen molar-refractivity contribution < 1.29 is 83.1 Å². The maximum Gasteiger partial charge on any atom is 0.307 e. The number of hydrogen-bond acceptors (Lipinski definition) is 18. The molecule has 0 unspecified atom stereocenters. The fourth-order valence-electron chi connectivity index (χ4n) is 10.2. The zero-order valence-corrected chi connectivity index (χ0v) is 66.1. The number of ketones is 8. The number of sulfonamides is 3. The normalized spacial score (nSPS) is 15.1. The zero-order valence-electron chi connectivity index (χ0n) is 63.6. The second-order valence-electron chi connectivity index (χ2n) is 29.0. The van der Waals surface area contributed by atoms with E-state index in [1.165, 1.54) is 67.6 Å². The number of nitrogens with one attached hydrogen (secondary N) is 2. The minimum absolute atomic E-state index is 0.0360. The standard InChI is InChI=1S/C20H39N3O5S.C13H25NO4S.C12H23NO5S.C12H23NO2.C11H18O2/c1-13(2)11-15(16(14(3)24)12-23(9)29(10,27)28)18(25)21-17(20(4,5)6)19(26)22(7)8;1-9(2)7-12(10(3)15)13(11(4)16)8-14(5)19(6,17)18;1-8(2)6-10(12(15)16)11(9(3)14)7-13(4)19(5,17)18;1-8(2)6-11(9(3)14)12(7-13-5)10(4)15;1-7(2)6-11(10(5)13)8(3)9(4)12/h13,15-17H,11-12H2,1-10H3,(H,21,25);9,12-13H,7-8H2,1-6H3;8,10-11H,6-7H2,1-5H3,(H,15,16);8,11-13H,6-7H2,1-5H3;7,11H,3,6H2,1-2,4-5H3/t15-,16-,17-;12-,13+;10-,11-;11-,12+;11-/m10101/s1. The minimum atomic E-state index is -3.50. The Morgan fingerprint density at radius 2 is 0.684 bits per heavy atom. The molecule has 0 saturated heterocycles. The van der Waals surface area contributed by atoms with Gasteiger partial charge in [-0.25, -0.2) is 38.2 Å². The zero-order chi connectivity index (χ0) is 76.7. The van der Waals surface area contributed by atoms with Crippen LogP contribution in [0.5, 0.6) is 0 Å². The molecule has 27 heteroatoms. The highest BCUT2D eigenvalue weighted by Crippen LogP contribution is 2.29. The van der Waals surface area contributed by atoms with Gasteiger partial charge in [0.15, 0.2) is 5.78 Å². The lowest BCUT2D eigenvalue weighted by Crippen LogP contribution is -2.56. The summed E-state index contributed by atoms with van der Waals surface area (Å²) in [6.45, 7) is 41.1. The second kappa shape index (κ2) is 45.7. The van der Waals surface area contributed by atoms with Crippen LogP contribution in [0.4, 0.5) is 0 Å². The monoisotopic (exact) mass is 1410 g/mol. The van der Waals surface area contributed by atoms with Crippen LogP contribution in [-0.2, 0) is 82.8 Å². The van der Waals surface area contributed by atoms with Gasteiger partial charge in [0.2, 0.25) is 41.9 Å². The molecule has 3 N–H and O–H groups in total. The number of carboxylic acids is 1. The first-order valence-corrected chi connectivity index (χ1v) is 38.0. The van der Waals surface area contributed by atoms with Gasteiger partial charge >= 0.3 is 5.97 Å². The quantitative estimate of drug-likeness (QED) is 0.0501. The molecule has 95 heavy (non-hydrogen) atoms. The van der Waals surface area contributed by atoms with Crippen LogP contribution in [0.3, 0.4) is 0 Å². The Morgan fingerprint density at radius 3 is 0.905 bits per heavy atom. The van der Waals surface area contributed by atoms with E-state index in [1.54, 1.807) is 27.9 Å². The van der Waals surface area contributed by atoms with Crippen LogP contribution in [0.15, 0.2) is 12.2 Å². The van der Waals surface area contributed by atoms with Crippen molar-refractivity contribution in [3.8, 4) is 0 Å². The van der Waals surface area contributed by atoms with Gasteiger partial charge in [0.05, 0.1) is 24.7 Å². The van der Waals surface area contributed by atoms with E-state index in [0.717, 1.165) is 38.1 Å². The van der Waals surface area contributed by atoms with E-state index in [4.69, 9.17) is 0 Å². The topological polar surface area (TPSA) is 347 Å². The molecule has 10 atom stereocenters. The van der Waals surface area contributed by atoms with Crippen LogP contribution >= 0.6 is 0 Å². The average Bonchev–Trinajstić information content (AvgIpc) is 0.838. The first kappa shape index (κ1) is 98.9. The molecular weight excluding hydrogens is 1280 g/mol. The Bertz CT molecular complexity index is 2780. The highest BCUT2D eigenvalue weighted by atomic mass is 32.2. The lowest BCUT2D eigenvalue weighted by molar-refractivity contribution is -0.147. The molecule has 0 bridgehead atoms. The van der Waals surface area contributed by atoms with Gasteiger partial charge in [0.25, 0.3) is 0 Å². The summed E-state index contributed by atoms with van der Waals surface area (Å²) in [5, 5.41) is 15.1. The number of carbonyl (C=O) groups excluding carboxylic acids is 10. The highest BCUT2D eigenvalue weighted by molar-refractivity contribution is 7.88. The molecular formula is C68H128N6O18S3. The van der Waals surface area contributed by atoms with E-state index < -0.39 is 88.9 Å². The smallest absolute Gasteiger partial charge is 0.307 e. The Morgan fingerprint density at radius 1 is 0.421 bits per heavy atom. The molecule has 0 rings (SSSR count). The van der Waals surface area contributed by atoms with Gasteiger partial charge in [0.1, 0.15) is 46.5 Å². The Labute approximate surface area is 574 Å². The van der Waals surface area contributed by atoms with Crippen LogP contribution in [0.1, 0.15) is 178 Å². The number of nitrogens with zero attached hydrogens (tertiary/aromatic N) is 4. The van der Waals surface area contributed by atoms with Gasteiger partial charge in [-0.1, -0.05) is 96.6 Å². The van der Waals surface area contributed by atoms with Gasteiger partial charge in [-0.05, 0) is 135 Å². The van der Waals surface area contributed by atoms with Gasteiger partial charge in [0, 0.05) is 109 Å². The Balaban J connectivity index is -0.000000366. The van der Waals surface area contributed by atoms with Crippen LogP contribution in [0.25, 0.3) is 0 Å². The largest absolute Gasteiger partial charge is 0.481 e. The molecule has 0 spiro atoms. The summed E-state index contributed by atoms with van der Waals surface area (Å²) in [6, 6.07) is -0.764. The number of aliphatic carboxylic acids is 1. The predicted octanol–water partition coefficient (Wildman–Crippen LogP) is 7.57. The number of hydrogen-bond donors (Lipinski definition) is 3. The summed E-state index contributed by atoms with van der Waals surface area (Å²) in [5.41, 5.74) is -0.0875. The third-order valence-electron chi connectivity index (χ3n) is 16.0. The average molecular weight is 1410 g/mol. The SMILES string of the molecule is C=C(C(C)=O)[C@@H](CC(C)C)C(C)=O.CC(=O)[C@@H](CN(C)S(C)(=O)=O)[C@@H](CC(C)C)C(=O)N[C@H](C(=O)N(C)C)C(C)(C)C.CC(=O)[C@@H](CN(C)S(C)(=O)=O)[C@@H](CC(C)C)C(=O)O.CC(=O)[C@@H](CN(C)S(C)(=O)=O)[C@@H](CC(C)C)C(C)=O.CNC[C@H](C(C)=O)[C@@H](CC(C)C)C(C)=O. The molecule has 0 aromatic carbocycles. The summed E-state index contributed by atoms with van der Waals surface area (Å²) < 4.78 is 72.5. The number of amides is 2. The van der Waals surface area contributed by atoms with Crippen molar-refractivity contribution in [2.75, 3.05) is 87.2 Å². The van der Waals surface area contributed by atoms with Gasteiger partial charge < -0.3 is 20.6 Å². The third kappa shape index (κ3) is 42.6. The van der Waals surface area contributed by atoms with Crippen molar-refractivity contribution in [3.63, 3.8) is 0 Å². The summed E-state index contributed by atoms with van der Waals surface area (Å²) in [4.78, 5) is 131. The molecule has 0 aliphatic carbocycles. The first-order valence-electron chi connectivity index (χ1n) is 32.4. The number of carboxylic acid groups (broad SMARTS) is 1. The van der Waals surface area contributed by atoms with Crippen molar-refractivity contribution in [1.29, 1.82) is 0 Å². The molecule has 0 aromatic heterocycles. The summed E-state index contributed by atoms with van der Waals surface area (Å²) in [5.74, 6) is -5.72. The molecule has 0 saturated carbocycles. The fourth-order valence-corrected chi connectivity index (χ4v) is 11.5. The number of likely N-dealkylation sites (N-methyl/N-ethyl adjacent to an activating group) is 1. The maximum atomic E-state index is 13.2. The Hall–Kier alpha value is -4.80. The predicted molar refractivity (Wildman–Crippen MR) is 377 cm³/mol. The van der Waals surface area contributed by atoms with Crippen molar-refractivity contribution in [3.05, 3.63) is 12.2 Å². The molecule has 0 aliphatic heterocycles. The third-order valence-corrected chi connectivity index (χ3v) is 19.9. The summed E-state index contributed by atoms with van der Waals surface area (Å²) in [7, 11) is -1.06. The molecule has 0 fully saturated rings. The van der Waals surface area contributed by atoms with Crippen LogP contribution < -0.4 is 10.6 Å². The van der Waals surface area contributed by atoms with E-state index in [0.29, 0.717) is 49.6 Å². The lowest BCUT2D eigenvalue weighted by Gasteiger charge is -2.35. The van der Waals surface area contributed by atoms with E-state index in [1.807, 2.05) is 83.2 Å². The summed E-state index contributed by atoms with van der Waals surface area (Å²) in [6.07, 6.45) is 6.04. The van der Waals surface area contributed by atoms with Crippen LogP contribution in [-0.4, -0.2) is 205 Å². The number of rotatable bonds is 38. The van der Waals surface area contributed by atoms with Crippen molar-refractivity contribution in [2.45, 2.75) is 184 Å². The molecule has 0 aromatic rings. The number of allylic oxidation sites excluding steroid dienone is 1. The van der Waals surface area contributed by atoms with Crippen LogP contribution in [0.2, 0.25) is 0 Å². The van der Waals surface area contributed by atoms with Crippen molar-refractivity contribution >= 4 is 94.1 Å². The number of carbonyl (C=O) groups is 11. The van der Waals surface area contributed by atoms with E-state index in [2.05, 4.69) is 31.1 Å². The summed E-state index contributed by atoms with van der Waals surface area (Å²) >= 11 is 0. The number of Topliss-reactive ketones (excluding diaryl/α,β-unsaturated/α-hetero) is 8. The highest BCUT2D eigenvalue weighted by Gasteiger charge is 2.41. The van der Waals surface area contributed by atoms with Crippen LogP contribution in [0, 0.1) is 88.3 Å². The van der Waals surface area contributed by atoms with E-state index in [-0.39, 0.29) is 107 Å². The first-order chi connectivity index (χ1) is 42.6. The second-order valence-corrected chi connectivity index (χ2v) is 35.2. The maximum absolute atomic E-state index is 13.2. The van der Waals surface area contributed by atoms with E-state index >= 15 is 0 Å². The van der Waals surface area contributed by atoms with Crippen molar-refractivity contribution in [2.24, 2.45) is 88.3 Å². The van der Waals surface area contributed by atoms with Crippen molar-refractivity contribution in [1.82, 2.24) is 28.4 Å². The minimum Gasteiger partial charge on any atom is -0.481 e. The van der Waals surface area contributed by atoms with Gasteiger partial charge in [-0.2, -0.15) is 0 Å². The Kier molecular flexibility index (Phi) is 47.6. The molecule has 2 amide bonds.